The number of rotatable bonds is 5. The summed E-state index contributed by atoms with van der Waals surface area (Å²) in [6, 6.07) is 12.5. The van der Waals surface area contributed by atoms with E-state index >= 15 is 0 Å². The summed E-state index contributed by atoms with van der Waals surface area (Å²) in [7, 11) is -3.58. The first-order valence-electron chi connectivity index (χ1n) is 9.39. The van der Waals surface area contributed by atoms with Crippen LogP contribution in [0.15, 0.2) is 52.3 Å². The highest BCUT2D eigenvalue weighted by Gasteiger charge is 2.33. The van der Waals surface area contributed by atoms with E-state index in [1.165, 1.54) is 27.4 Å². The topological polar surface area (TPSA) is 79.4 Å². The Hall–Kier alpha value is -1.65. The third-order valence-electron chi connectivity index (χ3n) is 5.11. The van der Waals surface area contributed by atoms with Crippen LogP contribution in [0.4, 0.5) is 5.13 Å². The summed E-state index contributed by atoms with van der Waals surface area (Å²) in [6.07, 6.45) is 2.80. The van der Waals surface area contributed by atoms with E-state index in [1.807, 2.05) is 30.5 Å². The van der Waals surface area contributed by atoms with Gasteiger partial charge in [0.25, 0.3) is 0 Å². The number of hydrogen-bond donors (Lipinski definition) is 1. The van der Waals surface area contributed by atoms with Crippen LogP contribution >= 0.6 is 34.7 Å². The number of aromatic nitrogens is 1. The number of para-hydroxylation sites is 1. The van der Waals surface area contributed by atoms with Crippen molar-refractivity contribution in [3.8, 4) is 0 Å². The number of thioether (sulfide) groups is 1. The molecule has 0 radical (unpaired) electrons. The summed E-state index contributed by atoms with van der Waals surface area (Å²) in [6.45, 7) is 0.629. The van der Waals surface area contributed by atoms with Crippen molar-refractivity contribution in [2.24, 2.45) is 5.92 Å². The van der Waals surface area contributed by atoms with Crippen LogP contribution in [-0.4, -0.2) is 43.0 Å². The van der Waals surface area contributed by atoms with Gasteiger partial charge >= 0.3 is 0 Å². The van der Waals surface area contributed by atoms with Gasteiger partial charge in [-0.15, -0.1) is 11.8 Å². The molecule has 1 saturated heterocycles. The van der Waals surface area contributed by atoms with Crippen LogP contribution in [0.25, 0.3) is 10.2 Å². The Morgan fingerprint density at radius 3 is 2.63 bits per heavy atom. The second-order valence-corrected chi connectivity index (χ2v) is 11.1. The molecule has 1 aliphatic heterocycles. The number of fused-ring (bicyclic) bond motifs is 1. The third-order valence-corrected chi connectivity index (χ3v) is 9.23. The van der Waals surface area contributed by atoms with Crippen molar-refractivity contribution >= 4 is 66.0 Å². The lowest BCUT2D eigenvalue weighted by molar-refractivity contribution is -0.120. The van der Waals surface area contributed by atoms with Crippen LogP contribution in [0.5, 0.6) is 0 Å². The Morgan fingerprint density at radius 1 is 1.20 bits per heavy atom. The number of halogens is 1. The molecule has 4 rings (SSSR count). The summed E-state index contributed by atoms with van der Waals surface area (Å²) < 4.78 is 28.5. The zero-order valence-electron chi connectivity index (χ0n) is 16.2. The van der Waals surface area contributed by atoms with Gasteiger partial charge in [-0.1, -0.05) is 41.1 Å². The summed E-state index contributed by atoms with van der Waals surface area (Å²) in [5.41, 5.74) is 0.674. The number of nitrogens with one attached hydrogen (secondary N) is 1. The fraction of sp³-hybridized carbons (Fsp3) is 0.300. The Morgan fingerprint density at radius 2 is 1.93 bits per heavy atom. The molecule has 2 heterocycles. The van der Waals surface area contributed by atoms with Crippen LogP contribution in [0, 0.1) is 5.92 Å². The molecule has 10 heteroatoms. The minimum absolute atomic E-state index is 0.133. The molecular formula is C20H20ClN3O3S3. The standard InChI is InChI=1S/C20H20ClN3O3S3/c1-28-15-6-2-3-8-17(15)30(26,27)24-11-9-13(10-12-24)19(25)23-20-22-18-14(21)5-4-7-16(18)29-20/h2-8,13H,9-12H2,1H3,(H,22,23,25). The Labute approximate surface area is 188 Å². The molecule has 1 aliphatic rings. The van der Waals surface area contributed by atoms with Gasteiger partial charge in [0.2, 0.25) is 15.9 Å². The molecule has 30 heavy (non-hydrogen) atoms. The van der Waals surface area contributed by atoms with Gasteiger partial charge in [0.05, 0.1) is 14.6 Å². The lowest BCUT2D eigenvalue weighted by Gasteiger charge is -2.30. The van der Waals surface area contributed by atoms with E-state index < -0.39 is 10.0 Å². The summed E-state index contributed by atoms with van der Waals surface area (Å²) >= 11 is 8.94. The van der Waals surface area contributed by atoms with E-state index in [9.17, 15) is 13.2 Å². The second kappa shape index (κ2) is 8.84. The molecule has 0 atom stereocenters. The van der Waals surface area contributed by atoms with Gasteiger partial charge in [-0.05, 0) is 43.4 Å². The quantitative estimate of drug-likeness (QED) is 0.534. The van der Waals surface area contributed by atoms with Gasteiger partial charge in [-0.25, -0.2) is 13.4 Å². The summed E-state index contributed by atoms with van der Waals surface area (Å²) in [5.74, 6) is -0.388. The van der Waals surface area contributed by atoms with Crippen LogP contribution in [0.2, 0.25) is 5.02 Å². The molecule has 2 aromatic carbocycles. The van der Waals surface area contributed by atoms with Crippen LogP contribution in [0.3, 0.4) is 0 Å². The van der Waals surface area contributed by atoms with E-state index in [0.717, 1.165) is 9.60 Å². The maximum Gasteiger partial charge on any atom is 0.244 e. The number of sulfonamides is 1. The SMILES string of the molecule is CSc1ccccc1S(=O)(=O)N1CCC(C(=O)Nc2nc3c(Cl)cccc3s2)CC1. The van der Waals surface area contributed by atoms with Gasteiger partial charge in [0.15, 0.2) is 5.13 Å². The van der Waals surface area contributed by atoms with E-state index in [-0.39, 0.29) is 11.8 Å². The minimum atomic E-state index is -3.58. The lowest BCUT2D eigenvalue weighted by Crippen LogP contribution is -2.41. The van der Waals surface area contributed by atoms with Crippen molar-refractivity contribution in [1.82, 2.24) is 9.29 Å². The molecule has 0 spiro atoms. The highest BCUT2D eigenvalue weighted by molar-refractivity contribution is 7.99. The number of thiazole rings is 1. The molecule has 3 aromatic rings. The molecule has 1 amide bonds. The molecule has 1 aromatic heterocycles. The van der Waals surface area contributed by atoms with Crippen molar-refractivity contribution in [2.75, 3.05) is 24.7 Å². The summed E-state index contributed by atoms with van der Waals surface area (Å²) in [4.78, 5) is 18.2. The maximum atomic E-state index is 13.1. The Balaban J connectivity index is 1.42. The molecule has 0 unspecified atom stereocenters. The van der Waals surface area contributed by atoms with Gasteiger partial charge in [-0.2, -0.15) is 4.31 Å². The predicted octanol–water partition coefficient (Wildman–Crippen LogP) is 4.71. The smallest absolute Gasteiger partial charge is 0.244 e. The van der Waals surface area contributed by atoms with E-state index in [1.54, 1.807) is 18.2 Å². The average molecular weight is 482 g/mol. The maximum absolute atomic E-state index is 13.1. The fourth-order valence-corrected chi connectivity index (χ4v) is 7.27. The normalized spacial score (nSPS) is 16.1. The van der Waals surface area contributed by atoms with Crippen molar-refractivity contribution in [2.45, 2.75) is 22.6 Å². The molecular weight excluding hydrogens is 462 g/mol. The van der Waals surface area contributed by atoms with Gasteiger partial charge in [0, 0.05) is 23.9 Å². The van der Waals surface area contributed by atoms with Crippen LogP contribution in [0.1, 0.15) is 12.8 Å². The van der Waals surface area contributed by atoms with E-state index in [0.29, 0.717) is 46.5 Å². The molecule has 0 bridgehead atoms. The van der Waals surface area contributed by atoms with Crippen molar-refractivity contribution < 1.29 is 13.2 Å². The number of benzene rings is 2. The van der Waals surface area contributed by atoms with Crippen molar-refractivity contribution in [3.05, 3.63) is 47.5 Å². The predicted molar refractivity (Wildman–Crippen MR) is 123 cm³/mol. The zero-order chi connectivity index (χ0) is 21.3. The lowest BCUT2D eigenvalue weighted by atomic mass is 9.97. The number of hydrogen-bond acceptors (Lipinski definition) is 6. The second-order valence-electron chi connectivity index (χ2n) is 6.92. The number of amides is 1. The summed E-state index contributed by atoms with van der Waals surface area (Å²) in [5, 5.41) is 3.93. The van der Waals surface area contributed by atoms with Crippen LogP contribution < -0.4 is 5.32 Å². The zero-order valence-corrected chi connectivity index (χ0v) is 19.4. The van der Waals surface area contributed by atoms with Gasteiger partial charge in [0.1, 0.15) is 5.52 Å². The number of piperidine rings is 1. The third kappa shape index (κ3) is 4.22. The Kier molecular flexibility index (Phi) is 6.36. The van der Waals surface area contributed by atoms with Crippen LogP contribution in [-0.2, 0) is 14.8 Å². The van der Waals surface area contributed by atoms with E-state index in [4.69, 9.17) is 11.6 Å². The molecule has 6 nitrogen and oxygen atoms in total. The van der Waals surface area contributed by atoms with Crippen molar-refractivity contribution in [1.29, 1.82) is 0 Å². The average Bonchev–Trinajstić information content (AvgIpc) is 3.17. The monoisotopic (exact) mass is 481 g/mol. The van der Waals surface area contributed by atoms with E-state index in [2.05, 4.69) is 10.3 Å². The fourth-order valence-electron chi connectivity index (χ4n) is 3.51. The van der Waals surface area contributed by atoms with Crippen molar-refractivity contribution in [3.63, 3.8) is 0 Å². The number of nitrogens with zero attached hydrogens (tertiary/aromatic N) is 2. The highest BCUT2D eigenvalue weighted by Crippen LogP contribution is 2.32. The molecule has 1 N–H and O–H groups in total. The van der Waals surface area contributed by atoms with Gasteiger partial charge < -0.3 is 5.32 Å². The number of carbonyl (C=O) groups is 1. The molecule has 158 valence electrons. The highest BCUT2D eigenvalue weighted by atomic mass is 35.5. The largest absolute Gasteiger partial charge is 0.302 e. The first-order valence-corrected chi connectivity index (χ1v) is 13.2. The molecule has 0 aliphatic carbocycles. The Bertz CT molecular complexity index is 1190. The molecule has 1 fully saturated rings. The first-order chi connectivity index (χ1) is 14.4. The van der Waals surface area contributed by atoms with Gasteiger partial charge in [-0.3, -0.25) is 4.79 Å². The minimum Gasteiger partial charge on any atom is -0.302 e. The number of carbonyl (C=O) groups excluding carboxylic acids is 1. The molecule has 0 saturated carbocycles. The number of anilines is 1. The first kappa shape index (κ1) is 21.6.